The summed E-state index contributed by atoms with van der Waals surface area (Å²) in [5.74, 6) is 0.659. The van der Waals surface area contributed by atoms with Crippen LogP contribution in [0.3, 0.4) is 0 Å². The highest BCUT2D eigenvalue weighted by atomic mass is 19.3. The Kier molecular flexibility index (Phi) is 4.48. The molecule has 3 rings (SSSR count). The zero-order chi connectivity index (χ0) is 17.5. The van der Waals surface area contributed by atoms with Gasteiger partial charge in [0, 0.05) is 34.6 Å². The Morgan fingerprint density at radius 2 is 2.12 bits per heavy atom. The van der Waals surface area contributed by atoms with Crippen molar-refractivity contribution < 1.29 is 8.78 Å². The van der Waals surface area contributed by atoms with Crippen molar-refractivity contribution in [1.82, 2.24) is 10.3 Å². The number of pyridine rings is 1. The van der Waals surface area contributed by atoms with Gasteiger partial charge in [-0.2, -0.15) is 0 Å². The van der Waals surface area contributed by atoms with Gasteiger partial charge in [-0.15, -0.1) is 0 Å². The lowest BCUT2D eigenvalue weighted by molar-refractivity contribution is 0.146. The van der Waals surface area contributed by atoms with E-state index in [2.05, 4.69) is 15.6 Å². The van der Waals surface area contributed by atoms with E-state index in [0.29, 0.717) is 11.0 Å². The Morgan fingerprint density at radius 1 is 1.38 bits per heavy atom. The van der Waals surface area contributed by atoms with Gasteiger partial charge in [-0.1, -0.05) is 0 Å². The van der Waals surface area contributed by atoms with Gasteiger partial charge in [-0.3, -0.25) is 0 Å². The first kappa shape index (κ1) is 17.1. The molecule has 0 bridgehead atoms. The van der Waals surface area contributed by atoms with Crippen LogP contribution in [0, 0.1) is 5.92 Å². The largest absolute Gasteiger partial charge is 0.369 e. The van der Waals surface area contributed by atoms with Crippen LogP contribution in [-0.4, -0.2) is 22.7 Å². The van der Waals surface area contributed by atoms with Crippen LogP contribution in [0.1, 0.15) is 45.2 Å². The number of nitrogens with zero attached hydrogens (tertiary/aromatic N) is 1. The number of alkyl halides is 2. The van der Waals surface area contributed by atoms with Gasteiger partial charge in [0.1, 0.15) is 17.2 Å². The summed E-state index contributed by atoms with van der Waals surface area (Å²) in [5, 5.41) is 7.81. The molecule has 0 radical (unpaired) electrons. The molecule has 0 amide bonds. The standard InChI is InChI=1S/C17H25F2N5/c1-9(2)23-16-13-7-17(21,11-3-4-12(20)6-11)22-8-10(13)5-14(24-16)15(18)19/h5,7-9,11-12,15,22H,3-4,6,20-21H2,1-2H3,(H,23,24)/t11-,12+,17?/m0/s1. The maximum Gasteiger partial charge on any atom is 0.280 e. The molecule has 24 heavy (non-hydrogen) atoms. The third-order valence-electron chi connectivity index (χ3n) is 4.77. The molecule has 0 aromatic carbocycles. The molecule has 1 aromatic heterocycles. The minimum absolute atomic E-state index is 0.0740. The fourth-order valence-corrected chi connectivity index (χ4v) is 3.53. The highest BCUT2D eigenvalue weighted by molar-refractivity contribution is 5.55. The van der Waals surface area contributed by atoms with Gasteiger partial charge >= 0.3 is 0 Å². The molecule has 1 saturated carbocycles. The Balaban J connectivity index is 2.09. The maximum atomic E-state index is 13.1. The van der Waals surface area contributed by atoms with Crippen LogP contribution in [0.25, 0.3) is 12.3 Å². The van der Waals surface area contributed by atoms with E-state index in [9.17, 15) is 8.78 Å². The first-order valence-corrected chi connectivity index (χ1v) is 8.39. The van der Waals surface area contributed by atoms with Crippen molar-refractivity contribution in [3.05, 3.63) is 22.2 Å². The van der Waals surface area contributed by atoms with E-state index in [0.717, 1.165) is 24.5 Å². The smallest absolute Gasteiger partial charge is 0.280 e. The van der Waals surface area contributed by atoms with Crippen LogP contribution >= 0.6 is 0 Å². The Morgan fingerprint density at radius 3 is 2.71 bits per heavy atom. The van der Waals surface area contributed by atoms with E-state index < -0.39 is 12.1 Å². The van der Waals surface area contributed by atoms with Gasteiger partial charge in [0.25, 0.3) is 6.43 Å². The first-order chi connectivity index (χ1) is 11.3. The van der Waals surface area contributed by atoms with Crippen molar-refractivity contribution in [2.75, 3.05) is 5.32 Å². The quantitative estimate of drug-likeness (QED) is 0.651. The number of aromatic nitrogens is 1. The van der Waals surface area contributed by atoms with E-state index in [1.807, 2.05) is 19.9 Å². The lowest BCUT2D eigenvalue weighted by atomic mass is 9.88. The molecule has 6 N–H and O–H groups in total. The van der Waals surface area contributed by atoms with Gasteiger partial charge in [-0.05, 0) is 45.3 Å². The normalized spacial score (nSPS) is 29.0. The second kappa shape index (κ2) is 6.29. The van der Waals surface area contributed by atoms with Crippen LogP contribution in [0.5, 0.6) is 0 Å². The molecule has 1 unspecified atom stereocenters. The number of hydrogen-bond donors (Lipinski definition) is 4. The van der Waals surface area contributed by atoms with Crippen molar-refractivity contribution in [2.24, 2.45) is 17.4 Å². The van der Waals surface area contributed by atoms with Crippen LogP contribution < -0.4 is 32.5 Å². The fraction of sp³-hybridized carbons (Fsp3) is 0.588. The number of fused-ring (bicyclic) bond motifs is 1. The summed E-state index contributed by atoms with van der Waals surface area (Å²) in [6.45, 7) is 3.89. The fourth-order valence-electron chi connectivity index (χ4n) is 3.53. The van der Waals surface area contributed by atoms with Gasteiger partial charge in [0.05, 0.1) is 0 Å². The van der Waals surface area contributed by atoms with Gasteiger partial charge in [0.15, 0.2) is 0 Å². The van der Waals surface area contributed by atoms with E-state index in [1.54, 1.807) is 6.20 Å². The van der Waals surface area contributed by atoms with Gasteiger partial charge in [-0.25, -0.2) is 13.8 Å². The molecule has 3 atom stereocenters. The van der Waals surface area contributed by atoms with Crippen molar-refractivity contribution in [1.29, 1.82) is 0 Å². The van der Waals surface area contributed by atoms with Crippen LogP contribution in [0.15, 0.2) is 6.07 Å². The van der Waals surface area contributed by atoms with E-state index in [-0.39, 0.29) is 23.7 Å². The average molecular weight is 337 g/mol. The third-order valence-corrected chi connectivity index (χ3v) is 4.77. The molecule has 0 spiro atoms. The second-order valence-corrected chi connectivity index (χ2v) is 7.13. The van der Waals surface area contributed by atoms with Gasteiger partial charge < -0.3 is 22.1 Å². The summed E-state index contributed by atoms with van der Waals surface area (Å²) in [4.78, 5) is 4.11. The Bertz CT molecular complexity index is 733. The lowest BCUT2D eigenvalue weighted by Crippen LogP contribution is -2.59. The molecule has 1 aromatic rings. The Labute approximate surface area is 140 Å². The van der Waals surface area contributed by atoms with Crippen molar-refractivity contribution in [3.8, 4) is 0 Å². The first-order valence-electron chi connectivity index (χ1n) is 8.39. The zero-order valence-electron chi connectivity index (χ0n) is 14.0. The topological polar surface area (TPSA) is 89.0 Å². The molecular weight excluding hydrogens is 312 g/mol. The highest BCUT2D eigenvalue weighted by Crippen LogP contribution is 2.32. The number of anilines is 1. The molecule has 2 heterocycles. The molecule has 1 fully saturated rings. The molecule has 0 saturated heterocycles. The van der Waals surface area contributed by atoms with Crippen molar-refractivity contribution >= 4 is 18.1 Å². The average Bonchev–Trinajstić information content (AvgIpc) is 2.94. The zero-order valence-corrected chi connectivity index (χ0v) is 14.0. The summed E-state index contributed by atoms with van der Waals surface area (Å²) in [7, 11) is 0. The molecule has 2 aliphatic rings. The molecule has 1 aliphatic carbocycles. The summed E-state index contributed by atoms with van der Waals surface area (Å²) < 4.78 is 26.2. The number of nitrogens with one attached hydrogen (secondary N) is 2. The number of hydrogen-bond acceptors (Lipinski definition) is 5. The predicted octanol–water partition coefficient (Wildman–Crippen LogP) is 0.744. The van der Waals surface area contributed by atoms with Crippen LogP contribution in [-0.2, 0) is 0 Å². The minimum Gasteiger partial charge on any atom is -0.369 e. The summed E-state index contributed by atoms with van der Waals surface area (Å²) in [6.07, 6.45) is 3.76. The predicted molar refractivity (Wildman–Crippen MR) is 91.5 cm³/mol. The molecular formula is C17H25F2N5. The highest BCUT2D eigenvalue weighted by Gasteiger charge is 2.38. The van der Waals surface area contributed by atoms with Gasteiger partial charge in [0.2, 0.25) is 0 Å². The SMILES string of the molecule is CC(C)Nc1nc(C(F)F)cc2c1=CC(N)([C@H]1CC[C@@H](N)C1)NC=2. The van der Waals surface area contributed by atoms with Crippen LogP contribution in [0.2, 0.25) is 0 Å². The lowest BCUT2D eigenvalue weighted by Gasteiger charge is -2.35. The van der Waals surface area contributed by atoms with E-state index in [4.69, 9.17) is 11.5 Å². The summed E-state index contributed by atoms with van der Waals surface area (Å²) in [6, 6.07) is 1.65. The molecule has 5 nitrogen and oxygen atoms in total. The maximum absolute atomic E-state index is 13.1. The van der Waals surface area contributed by atoms with E-state index >= 15 is 0 Å². The van der Waals surface area contributed by atoms with Crippen molar-refractivity contribution in [2.45, 2.75) is 57.3 Å². The molecule has 132 valence electrons. The number of halogens is 2. The molecule has 7 heteroatoms. The third kappa shape index (κ3) is 3.23. The van der Waals surface area contributed by atoms with Crippen molar-refractivity contribution in [3.63, 3.8) is 0 Å². The number of rotatable bonds is 4. The van der Waals surface area contributed by atoms with E-state index in [1.165, 1.54) is 6.07 Å². The summed E-state index contributed by atoms with van der Waals surface area (Å²) in [5.41, 5.74) is 11.6. The second-order valence-electron chi connectivity index (χ2n) is 7.13. The summed E-state index contributed by atoms with van der Waals surface area (Å²) >= 11 is 0. The minimum atomic E-state index is -2.62. The van der Waals surface area contributed by atoms with Crippen LogP contribution in [0.4, 0.5) is 14.6 Å². The molecule has 1 aliphatic heterocycles. The number of nitrogens with two attached hydrogens (primary N) is 2. The monoisotopic (exact) mass is 337 g/mol. The Hall–Kier alpha value is -1.73.